The maximum absolute atomic E-state index is 11.9. The second kappa shape index (κ2) is 5.59. The zero-order chi connectivity index (χ0) is 17.8. The monoisotopic (exact) mass is 387 g/mol. The summed E-state index contributed by atoms with van der Waals surface area (Å²) in [4.78, 5) is 41.0. The molecule has 0 unspecified atom stereocenters. The minimum atomic E-state index is -3.82. The average molecular weight is 387 g/mol. The number of hydrogen-bond donors (Lipinski definition) is 4. The third kappa shape index (κ3) is 2.97. The standard InChI is InChI=1S/C12H14N5O6PS/c13-11-15-8-7(9(18)16-11)14-5-17(8)10-6-3-12(23-10,1-2-21-6)4-22-24(19,20)25/h1-2,5-6,10H,3-4H2,(H2,19,20,25)(H3,13,15,16,18)/t6-,10-,12+/m1/s1. The van der Waals surface area contributed by atoms with Crippen LogP contribution in [0.1, 0.15) is 12.6 Å². The molecule has 0 aromatic carbocycles. The van der Waals surface area contributed by atoms with Gasteiger partial charge in [-0.15, -0.1) is 0 Å². The first-order valence-electron chi connectivity index (χ1n) is 7.20. The molecule has 0 radical (unpaired) electrons. The minimum Gasteiger partial charge on any atom is -0.493 e. The van der Waals surface area contributed by atoms with E-state index in [1.54, 1.807) is 10.6 Å². The predicted molar refractivity (Wildman–Crippen MR) is 88.7 cm³/mol. The Labute approximate surface area is 145 Å². The first kappa shape index (κ1) is 16.6. The number of fused-ring (bicyclic) bond motifs is 3. The Morgan fingerprint density at radius 3 is 3.16 bits per heavy atom. The Kier molecular flexibility index (Phi) is 3.72. The first-order valence-corrected chi connectivity index (χ1v) is 9.82. The lowest BCUT2D eigenvalue weighted by Crippen LogP contribution is -2.33. The molecule has 2 aromatic rings. The number of nitrogen functional groups attached to an aromatic ring is 1. The molecule has 0 aliphatic carbocycles. The molecule has 2 bridgehead atoms. The van der Waals surface area contributed by atoms with Gasteiger partial charge in [-0.3, -0.25) is 14.3 Å². The Balaban J connectivity index is 1.69. The fraction of sp³-hybridized carbons (Fsp3) is 0.417. The summed E-state index contributed by atoms with van der Waals surface area (Å²) in [6, 6.07) is 0. The van der Waals surface area contributed by atoms with E-state index in [-0.39, 0.29) is 23.7 Å². The fourth-order valence-corrected chi connectivity index (χ4v) is 3.54. The molecule has 2 aliphatic heterocycles. The molecule has 4 heterocycles. The van der Waals surface area contributed by atoms with Crippen LogP contribution >= 0.6 is 6.72 Å². The number of hydrogen-bond acceptors (Lipinski definition) is 8. The normalized spacial score (nSPS) is 28.4. The van der Waals surface area contributed by atoms with Gasteiger partial charge in [-0.05, 0) is 17.9 Å². The third-order valence-electron chi connectivity index (χ3n) is 4.05. The SMILES string of the molecule is Nc1nc2c(ncn2[C@@H]2O[C@@]3(COP(O)(O)=S)C=CO[C@@H]2C3)c(=O)[nH]1. The highest BCUT2D eigenvalue weighted by atomic mass is 32.5. The number of rotatable bonds is 4. The molecule has 3 atom stereocenters. The van der Waals surface area contributed by atoms with Gasteiger partial charge in [0.15, 0.2) is 17.4 Å². The molecule has 11 nitrogen and oxygen atoms in total. The van der Waals surface area contributed by atoms with E-state index in [4.69, 9.17) is 19.7 Å². The van der Waals surface area contributed by atoms with Crippen LogP contribution < -0.4 is 11.3 Å². The number of imidazole rings is 1. The molecule has 0 amide bonds. The number of aromatic amines is 1. The van der Waals surface area contributed by atoms with E-state index in [2.05, 4.69) is 26.8 Å². The molecular formula is C12H14N5O6PS. The van der Waals surface area contributed by atoms with Gasteiger partial charge in [0, 0.05) is 6.42 Å². The van der Waals surface area contributed by atoms with Crippen LogP contribution in [-0.4, -0.2) is 47.6 Å². The topological polar surface area (TPSA) is 158 Å². The third-order valence-corrected chi connectivity index (χ3v) is 4.83. The van der Waals surface area contributed by atoms with Crippen molar-refractivity contribution in [2.24, 2.45) is 0 Å². The zero-order valence-corrected chi connectivity index (χ0v) is 14.3. The van der Waals surface area contributed by atoms with Gasteiger partial charge in [0.2, 0.25) is 5.95 Å². The minimum absolute atomic E-state index is 0.0430. The van der Waals surface area contributed by atoms with Crippen molar-refractivity contribution < 1.29 is 23.8 Å². The van der Waals surface area contributed by atoms with E-state index in [9.17, 15) is 14.6 Å². The first-order chi connectivity index (χ1) is 11.8. The van der Waals surface area contributed by atoms with Crippen molar-refractivity contribution in [1.29, 1.82) is 0 Å². The van der Waals surface area contributed by atoms with Crippen LogP contribution in [0.25, 0.3) is 11.2 Å². The second-order valence-electron chi connectivity index (χ2n) is 5.79. The van der Waals surface area contributed by atoms with Gasteiger partial charge in [-0.25, -0.2) is 4.98 Å². The van der Waals surface area contributed by atoms with Crippen molar-refractivity contribution in [2.45, 2.75) is 24.4 Å². The summed E-state index contributed by atoms with van der Waals surface area (Å²) >= 11 is 4.48. The van der Waals surface area contributed by atoms with Crippen molar-refractivity contribution in [3.05, 3.63) is 29.0 Å². The van der Waals surface area contributed by atoms with E-state index >= 15 is 0 Å². The molecule has 2 aromatic heterocycles. The lowest BCUT2D eigenvalue weighted by molar-refractivity contribution is -0.0732. The number of nitrogens with one attached hydrogen (secondary N) is 1. The van der Waals surface area contributed by atoms with E-state index in [1.165, 1.54) is 12.6 Å². The van der Waals surface area contributed by atoms with Crippen molar-refractivity contribution in [3.63, 3.8) is 0 Å². The molecule has 134 valence electrons. The van der Waals surface area contributed by atoms with Gasteiger partial charge >= 0.3 is 6.72 Å². The predicted octanol–water partition coefficient (Wildman–Crippen LogP) is -0.502. The number of nitrogens with zero attached hydrogens (tertiary/aromatic N) is 3. The smallest absolute Gasteiger partial charge is 0.321 e. The molecule has 0 saturated carbocycles. The van der Waals surface area contributed by atoms with Gasteiger partial charge in [0.1, 0.15) is 11.7 Å². The van der Waals surface area contributed by atoms with Crippen molar-refractivity contribution >= 4 is 35.6 Å². The quantitative estimate of drug-likeness (QED) is 0.504. The Morgan fingerprint density at radius 2 is 2.40 bits per heavy atom. The summed E-state index contributed by atoms with van der Waals surface area (Å²) in [6.45, 7) is -3.96. The van der Waals surface area contributed by atoms with Crippen LogP contribution in [0, 0.1) is 0 Å². The lowest BCUT2D eigenvalue weighted by Gasteiger charge is -2.26. The van der Waals surface area contributed by atoms with Crippen LogP contribution in [0.5, 0.6) is 0 Å². The molecule has 0 spiro atoms. The summed E-state index contributed by atoms with van der Waals surface area (Å²) in [5.74, 6) is -0.0430. The Hall–Kier alpha value is -1.82. The summed E-state index contributed by atoms with van der Waals surface area (Å²) in [7, 11) is 0. The molecule has 25 heavy (non-hydrogen) atoms. The van der Waals surface area contributed by atoms with E-state index in [1.807, 2.05) is 0 Å². The average Bonchev–Trinajstić information content (AvgIpc) is 3.04. The highest BCUT2D eigenvalue weighted by molar-refractivity contribution is 8.06. The summed E-state index contributed by atoms with van der Waals surface area (Å²) < 4.78 is 18.1. The highest BCUT2D eigenvalue weighted by Gasteiger charge is 2.50. The number of nitrogens with two attached hydrogens (primary N) is 1. The molecule has 5 N–H and O–H groups in total. The van der Waals surface area contributed by atoms with Crippen LogP contribution in [0.4, 0.5) is 5.95 Å². The molecular weight excluding hydrogens is 373 g/mol. The van der Waals surface area contributed by atoms with E-state index in [0.717, 1.165) is 0 Å². The van der Waals surface area contributed by atoms with Crippen molar-refractivity contribution in [2.75, 3.05) is 12.3 Å². The van der Waals surface area contributed by atoms with E-state index < -0.39 is 30.2 Å². The maximum atomic E-state index is 11.9. The van der Waals surface area contributed by atoms with Crippen molar-refractivity contribution in [1.82, 2.24) is 19.5 Å². The molecule has 4 rings (SSSR count). The number of anilines is 1. The number of aromatic nitrogens is 4. The largest absolute Gasteiger partial charge is 0.493 e. The molecule has 1 saturated heterocycles. The molecule has 2 aliphatic rings. The summed E-state index contributed by atoms with van der Waals surface area (Å²) in [5, 5.41) is 0. The van der Waals surface area contributed by atoms with Gasteiger partial charge < -0.3 is 29.5 Å². The van der Waals surface area contributed by atoms with Gasteiger partial charge in [0.25, 0.3) is 5.56 Å². The van der Waals surface area contributed by atoms with Crippen LogP contribution in [0.2, 0.25) is 0 Å². The maximum Gasteiger partial charge on any atom is 0.321 e. The van der Waals surface area contributed by atoms with Crippen LogP contribution in [-0.2, 0) is 25.8 Å². The van der Waals surface area contributed by atoms with Gasteiger partial charge in [-0.2, -0.15) is 4.98 Å². The van der Waals surface area contributed by atoms with Crippen molar-refractivity contribution in [3.8, 4) is 0 Å². The second-order valence-corrected chi connectivity index (χ2v) is 8.46. The number of H-pyrrole nitrogens is 1. The molecule has 13 heteroatoms. The van der Waals surface area contributed by atoms with Gasteiger partial charge in [0.05, 0.1) is 19.2 Å². The zero-order valence-electron chi connectivity index (χ0n) is 12.6. The summed E-state index contributed by atoms with van der Waals surface area (Å²) in [6.07, 6.45) is 3.82. The van der Waals surface area contributed by atoms with Crippen LogP contribution in [0.3, 0.4) is 0 Å². The molecule has 1 fully saturated rings. The highest BCUT2D eigenvalue weighted by Crippen LogP contribution is 2.46. The fourth-order valence-electron chi connectivity index (χ4n) is 2.99. The van der Waals surface area contributed by atoms with Gasteiger partial charge in [-0.1, -0.05) is 0 Å². The Bertz CT molecular complexity index is 969. The lowest BCUT2D eigenvalue weighted by atomic mass is 9.98. The summed E-state index contributed by atoms with van der Waals surface area (Å²) in [5.41, 5.74) is 4.59. The Morgan fingerprint density at radius 1 is 1.60 bits per heavy atom. The van der Waals surface area contributed by atoms with E-state index in [0.29, 0.717) is 6.42 Å². The van der Waals surface area contributed by atoms with Crippen LogP contribution in [0.15, 0.2) is 23.5 Å². The number of ether oxygens (including phenoxy) is 2.